The maximum atomic E-state index is 5.32. The first-order valence-corrected chi connectivity index (χ1v) is 6.91. The van der Waals surface area contributed by atoms with E-state index in [0.29, 0.717) is 0 Å². The Morgan fingerprint density at radius 1 is 1.05 bits per heavy atom. The van der Waals surface area contributed by atoms with Crippen LogP contribution in [0.25, 0.3) is 0 Å². The summed E-state index contributed by atoms with van der Waals surface area (Å²) >= 11 is 3.72. The molecule has 100 valence electrons. The van der Waals surface area contributed by atoms with E-state index in [-0.39, 0.29) is 4.83 Å². The number of benzene rings is 1. The molecule has 3 nitrogen and oxygen atoms in total. The summed E-state index contributed by atoms with van der Waals surface area (Å²) in [5.41, 5.74) is 2.40. The maximum absolute atomic E-state index is 5.32. The molecule has 0 bridgehead atoms. The van der Waals surface area contributed by atoms with Crippen molar-refractivity contribution >= 4 is 15.9 Å². The number of methoxy groups -OCH3 is 2. The summed E-state index contributed by atoms with van der Waals surface area (Å²) in [6.07, 6.45) is 4.52. The third-order valence-corrected chi connectivity index (χ3v) is 3.79. The monoisotopic (exact) mass is 321 g/mol. The first-order valence-electron chi connectivity index (χ1n) is 5.99. The zero-order valence-corrected chi connectivity index (χ0v) is 12.6. The van der Waals surface area contributed by atoms with Gasteiger partial charge in [-0.25, -0.2) is 0 Å². The van der Waals surface area contributed by atoms with Crippen molar-refractivity contribution in [1.82, 2.24) is 4.98 Å². The van der Waals surface area contributed by atoms with E-state index in [2.05, 4.69) is 20.9 Å². The smallest absolute Gasteiger partial charge is 0.161 e. The molecule has 1 aromatic heterocycles. The lowest BCUT2D eigenvalue weighted by Gasteiger charge is -2.13. The molecule has 0 saturated heterocycles. The fraction of sp³-hybridized carbons (Fsp3) is 0.267. The van der Waals surface area contributed by atoms with E-state index in [4.69, 9.17) is 9.47 Å². The summed E-state index contributed by atoms with van der Waals surface area (Å²) in [6, 6.07) is 10.0. The quantitative estimate of drug-likeness (QED) is 0.785. The number of pyridine rings is 1. The molecule has 1 aromatic carbocycles. The lowest BCUT2D eigenvalue weighted by molar-refractivity contribution is 0.354. The van der Waals surface area contributed by atoms with Crippen LogP contribution in [0.2, 0.25) is 0 Å². The normalized spacial score (nSPS) is 11.9. The van der Waals surface area contributed by atoms with Crippen LogP contribution in [-0.2, 0) is 6.42 Å². The Kier molecular flexibility index (Phi) is 4.80. The van der Waals surface area contributed by atoms with Crippen LogP contribution < -0.4 is 9.47 Å². The van der Waals surface area contributed by atoms with Crippen LogP contribution in [-0.4, -0.2) is 19.2 Å². The molecule has 0 saturated carbocycles. The molecule has 2 aromatic rings. The van der Waals surface area contributed by atoms with E-state index in [1.165, 1.54) is 5.56 Å². The minimum Gasteiger partial charge on any atom is -0.493 e. The second-order valence-electron chi connectivity index (χ2n) is 4.14. The maximum Gasteiger partial charge on any atom is 0.161 e. The van der Waals surface area contributed by atoms with Crippen LogP contribution in [0.5, 0.6) is 11.5 Å². The largest absolute Gasteiger partial charge is 0.493 e. The van der Waals surface area contributed by atoms with Crippen LogP contribution >= 0.6 is 15.9 Å². The third-order valence-electron chi connectivity index (χ3n) is 2.93. The number of hydrogen-bond donors (Lipinski definition) is 0. The van der Waals surface area contributed by atoms with Gasteiger partial charge in [-0.2, -0.15) is 0 Å². The summed E-state index contributed by atoms with van der Waals surface area (Å²) < 4.78 is 10.6. The predicted octanol–water partition coefficient (Wildman–Crippen LogP) is 3.78. The van der Waals surface area contributed by atoms with Gasteiger partial charge < -0.3 is 9.47 Å². The van der Waals surface area contributed by atoms with Gasteiger partial charge in [0.15, 0.2) is 11.5 Å². The molecule has 4 heteroatoms. The second-order valence-corrected chi connectivity index (χ2v) is 5.25. The van der Waals surface area contributed by atoms with Gasteiger partial charge in [0.1, 0.15) is 0 Å². The predicted molar refractivity (Wildman–Crippen MR) is 79.2 cm³/mol. The van der Waals surface area contributed by atoms with Gasteiger partial charge in [-0.05, 0) is 41.8 Å². The molecule has 0 spiro atoms. The van der Waals surface area contributed by atoms with E-state index in [1.54, 1.807) is 14.2 Å². The highest BCUT2D eigenvalue weighted by Gasteiger charge is 2.12. The Bertz CT molecular complexity index is 531. The fourth-order valence-corrected chi connectivity index (χ4v) is 2.55. The van der Waals surface area contributed by atoms with Gasteiger partial charge in [0, 0.05) is 17.2 Å². The average Bonchev–Trinajstić information content (AvgIpc) is 2.47. The first-order chi connectivity index (χ1) is 9.24. The van der Waals surface area contributed by atoms with Gasteiger partial charge in [0.2, 0.25) is 0 Å². The number of hydrogen-bond acceptors (Lipinski definition) is 3. The van der Waals surface area contributed by atoms with Crippen molar-refractivity contribution in [1.29, 1.82) is 0 Å². The molecule has 0 fully saturated rings. The van der Waals surface area contributed by atoms with Gasteiger partial charge >= 0.3 is 0 Å². The van der Waals surface area contributed by atoms with Crippen LogP contribution in [0, 0.1) is 0 Å². The van der Waals surface area contributed by atoms with E-state index >= 15 is 0 Å². The Labute approximate surface area is 121 Å². The molecule has 0 radical (unpaired) electrons. The van der Waals surface area contributed by atoms with Crippen molar-refractivity contribution in [2.45, 2.75) is 11.2 Å². The molecule has 19 heavy (non-hydrogen) atoms. The summed E-state index contributed by atoms with van der Waals surface area (Å²) in [5, 5.41) is 0. The lowest BCUT2D eigenvalue weighted by Crippen LogP contribution is -1.98. The second kappa shape index (κ2) is 6.57. The number of alkyl halides is 1. The van der Waals surface area contributed by atoms with Crippen LogP contribution in [0.15, 0.2) is 42.7 Å². The minimum atomic E-state index is 0.231. The zero-order valence-electron chi connectivity index (χ0n) is 11.0. The lowest BCUT2D eigenvalue weighted by atomic mass is 10.0. The van der Waals surface area contributed by atoms with E-state index in [0.717, 1.165) is 23.5 Å². The standard InChI is InChI=1S/C15H16BrNO2/c1-18-14-4-3-12(10-15(14)19-2)13(16)9-11-5-7-17-8-6-11/h3-8,10,13H,9H2,1-2H3. The number of ether oxygens (including phenoxy) is 2. The van der Waals surface area contributed by atoms with Crippen molar-refractivity contribution in [2.75, 3.05) is 14.2 Å². The first kappa shape index (κ1) is 13.9. The van der Waals surface area contributed by atoms with E-state index in [9.17, 15) is 0 Å². The van der Waals surface area contributed by atoms with Crippen LogP contribution in [0.3, 0.4) is 0 Å². The van der Waals surface area contributed by atoms with Crippen molar-refractivity contribution < 1.29 is 9.47 Å². The van der Waals surface area contributed by atoms with Gasteiger partial charge in [-0.1, -0.05) is 22.0 Å². The fourth-order valence-electron chi connectivity index (χ4n) is 1.89. The summed E-state index contributed by atoms with van der Waals surface area (Å²) in [5.74, 6) is 1.49. The minimum absolute atomic E-state index is 0.231. The van der Waals surface area contributed by atoms with Crippen LogP contribution in [0.4, 0.5) is 0 Å². The van der Waals surface area contributed by atoms with Crippen molar-refractivity contribution in [3.05, 3.63) is 53.9 Å². The van der Waals surface area contributed by atoms with Crippen molar-refractivity contribution in [3.8, 4) is 11.5 Å². The Morgan fingerprint density at radius 3 is 2.37 bits per heavy atom. The molecule has 1 atom stereocenters. The highest BCUT2D eigenvalue weighted by molar-refractivity contribution is 9.09. The molecular weight excluding hydrogens is 306 g/mol. The molecule has 0 aliphatic rings. The SMILES string of the molecule is COc1ccc(C(Br)Cc2ccncc2)cc1OC. The topological polar surface area (TPSA) is 31.4 Å². The summed E-state index contributed by atoms with van der Waals surface area (Å²) in [4.78, 5) is 4.25. The Hall–Kier alpha value is -1.55. The van der Waals surface area contributed by atoms with Gasteiger partial charge in [0.25, 0.3) is 0 Å². The van der Waals surface area contributed by atoms with E-state index < -0.39 is 0 Å². The summed E-state index contributed by atoms with van der Waals surface area (Å²) in [7, 11) is 3.29. The molecule has 1 heterocycles. The van der Waals surface area contributed by atoms with Crippen molar-refractivity contribution in [2.24, 2.45) is 0 Å². The zero-order chi connectivity index (χ0) is 13.7. The molecule has 0 aliphatic heterocycles. The molecular formula is C15H16BrNO2. The number of rotatable bonds is 5. The molecule has 1 unspecified atom stereocenters. The molecule has 0 N–H and O–H groups in total. The summed E-state index contributed by atoms with van der Waals surface area (Å²) in [6.45, 7) is 0. The number of halogens is 1. The van der Waals surface area contributed by atoms with Gasteiger partial charge in [-0.3, -0.25) is 4.98 Å². The van der Waals surface area contributed by atoms with E-state index in [1.807, 2.05) is 42.7 Å². The Morgan fingerprint density at radius 2 is 1.74 bits per heavy atom. The Balaban J connectivity index is 2.17. The average molecular weight is 322 g/mol. The number of aromatic nitrogens is 1. The van der Waals surface area contributed by atoms with Crippen molar-refractivity contribution in [3.63, 3.8) is 0 Å². The highest BCUT2D eigenvalue weighted by Crippen LogP contribution is 2.34. The third kappa shape index (κ3) is 3.47. The highest BCUT2D eigenvalue weighted by atomic mass is 79.9. The van der Waals surface area contributed by atoms with Crippen LogP contribution in [0.1, 0.15) is 16.0 Å². The van der Waals surface area contributed by atoms with Gasteiger partial charge in [-0.15, -0.1) is 0 Å². The molecule has 0 aliphatic carbocycles. The molecule has 0 amide bonds. The number of nitrogens with zero attached hydrogens (tertiary/aromatic N) is 1. The van der Waals surface area contributed by atoms with Gasteiger partial charge in [0.05, 0.1) is 14.2 Å². The molecule has 2 rings (SSSR count).